The van der Waals surface area contributed by atoms with E-state index in [4.69, 9.17) is 39.5 Å². The fraction of sp³-hybridized carbons (Fsp3) is 0.421. The zero-order chi connectivity index (χ0) is 20.5. The maximum atomic E-state index is 12.4. The molecular formula is C19H21Cl3N4O2. The maximum Gasteiger partial charge on any atom is 0.407 e. The third-order valence-corrected chi connectivity index (χ3v) is 5.05. The average Bonchev–Trinajstić information content (AvgIpc) is 2.96. The predicted molar refractivity (Wildman–Crippen MR) is 112 cm³/mol. The number of carbonyl (C=O) groups excluding carboxylic acids is 1. The molecule has 0 radical (unpaired) electrons. The first-order chi connectivity index (χ1) is 13.1. The van der Waals surface area contributed by atoms with Crippen LogP contribution in [0.5, 0.6) is 0 Å². The van der Waals surface area contributed by atoms with Gasteiger partial charge in [-0.2, -0.15) is 0 Å². The molecule has 0 spiro atoms. The minimum absolute atomic E-state index is 0.0973. The first-order valence-corrected chi connectivity index (χ1v) is 9.94. The molecule has 0 saturated carbocycles. The first kappa shape index (κ1) is 21.0. The third kappa shape index (κ3) is 5.19. The van der Waals surface area contributed by atoms with Crippen molar-refractivity contribution in [3.8, 4) is 0 Å². The topological polar surface area (TPSA) is 67.3 Å². The fourth-order valence-electron chi connectivity index (χ4n) is 3.17. The third-order valence-electron chi connectivity index (χ3n) is 4.28. The number of alkyl carbamates (subject to hydrolysis) is 1. The standard InChI is InChI=1S/C19H21Cl3N4O2/c1-19(2,3)28-18(27)24-15-10-26(17-23-7-6-16(22)25-17)9-13(15)12-5-4-11(20)8-14(12)21/h4-8,13,15H,9-10H2,1-3H3,(H,24,27). The highest BCUT2D eigenvalue weighted by Crippen LogP contribution is 2.35. The minimum Gasteiger partial charge on any atom is -0.444 e. The van der Waals surface area contributed by atoms with Crippen molar-refractivity contribution in [1.82, 2.24) is 15.3 Å². The van der Waals surface area contributed by atoms with Crippen LogP contribution >= 0.6 is 34.8 Å². The van der Waals surface area contributed by atoms with Gasteiger partial charge in [-0.1, -0.05) is 40.9 Å². The molecular weight excluding hydrogens is 423 g/mol. The van der Waals surface area contributed by atoms with Crippen LogP contribution in [0.3, 0.4) is 0 Å². The number of nitrogens with one attached hydrogen (secondary N) is 1. The Morgan fingerprint density at radius 2 is 1.96 bits per heavy atom. The second-order valence-corrected chi connectivity index (χ2v) is 8.84. The van der Waals surface area contributed by atoms with Crippen molar-refractivity contribution in [2.75, 3.05) is 18.0 Å². The van der Waals surface area contributed by atoms with Crippen molar-refractivity contribution in [3.05, 3.63) is 51.2 Å². The van der Waals surface area contributed by atoms with E-state index in [-0.39, 0.29) is 12.0 Å². The Hall–Kier alpha value is -1.76. The Labute approximate surface area is 179 Å². The summed E-state index contributed by atoms with van der Waals surface area (Å²) in [5, 5.41) is 4.41. The van der Waals surface area contributed by atoms with Gasteiger partial charge in [0.2, 0.25) is 5.95 Å². The van der Waals surface area contributed by atoms with E-state index >= 15 is 0 Å². The fourth-order valence-corrected chi connectivity index (χ4v) is 3.85. The molecule has 1 saturated heterocycles. The van der Waals surface area contributed by atoms with Crippen molar-refractivity contribution >= 4 is 46.8 Å². The SMILES string of the molecule is CC(C)(C)OC(=O)NC1CN(c2nccc(Cl)n2)CC1c1ccc(Cl)cc1Cl. The van der Waals surface area contributed by atoms with Gasteiger partial charge in [-0.3, -0.25) is 0 Å². The van der Waals surface area contributed by atoms with Gasteiger partial charge in [0.15, 0.2) is 0 Å². The monoisotopic (exact) mass is 442 g/mol. The summed E-state index contributed by atoms with van der Waals surface area (Å²) in [5.41, 5.74) is 0.294. The van der Waals surface area contributed by atoms with Gasteiger partial charge >= 0.3 is 6.09 Å². The summed E-state index contributed by atoms with van der Waals surface area (Å²) in [7, 11) is 0. The smallest absolute Gasteiger partial charge is 0.407 e. The number of carbonyl (C=O) groups is 1. The number of amides is 1. The van der Waals surface area contributed by atoms with E-state index < -0.39 is 11.7 Å². The van der Waals surface area contributed by atoms with Crippen LogP contribution in [0.2, 0.25) is 15.2 Å². The van der Waals surface area contributed by atoms with Crippen molar-refractivity contribution in [2.24, 2.45) is 0 Å². The molecule has 2 unspecified atom stereocenters. The van der Waals surface area contributed by atoms with E-state index in [2.05, 4.69) is 15.3 Å². The Bertz CT molecular complexity index is 872. The van der Waals surface area contributed by atoms with Gasteiger partial charge in [0.1, 0.15) is 10.8 Å². The Morgan fingerprint density at radius 1 is 1.21 bits per heavy atom. The molecule has 3 rings (SSSR count). The number of aromatic nitrogens is 2. The second-order valence-electron chi connectivity index (χ2n) is 7.61. The van der Waals surface area contributed by atoms with E-state index in [0.717, 1.165) is 5.56 Å². The summed E-state index contributed by atoms with van der Waals surface area (Å²) < 4.78 is 5.42. The number of nitrogens with zero attached hydrogens (tertiary/aromatic N) is 3. The van der Waals surface area contributed by atoms with Crippen molar-refractivity contribution in [2.45, 2.75) is 38.3 Å². The van der Waals surface area contributed by atoms with E-state index in [1.807, 2.05) is 31.7 Å². The van der Waals surface area contributed by atoms with Gasteiger partial charge in [-0.25, -0.2) is 14.8 Å². The Kier molecular flexibility index (Phi) is 6.22. The lowest BCUT2D eigenvalue weighted by Crippen LogP contribution is -2.42. The quantitative estimate of drug-likeness (QED) is 0.681. The van der Waals surface area contributed by atoms with Gasteiger partial charge < -0.3 is 15.0 Å². The molecule has 1 N–H and O–H groups in total. The van der Waals surface area contributed by atoms with E-state index in [0.29, 0.717) is 34.2 Å². The van der Waals surface area contributed by atoms with E-state index in [9.17, 15) is 4.79 Å². The molecule has 1 fully saturated rings. The number of rotatable bonds is 3. The second kappa shape index (κ2) is 8.31. The summed E-state index contributed by atoms with van der Waals surface area (Å²) in [6, 6.07) is 6.72. The van der Waals surface area contributed by atoms with Crippen molar-refractivity contribution < 1.29 is 9.53 Å². The molecule has 28 heavy (non-hydrogen) atoms. The molecule has 2 atom stereocenters. The van der Waals surface area contributed by atoms with Crippen LogP contribution < -0.4 is 10.2 Å². The molecule has 0 bridgehead atoms. The van der Waals surface area contributed by atoms with Gasteiger partial charge in [0.25, 0.3) is 0 Å². The van der Waals surface area contributed by atoms with Crippen LogP contribution in [0.4, 0.5) is 10.7 Å². The predicted octanol–water partition coefficient (Wildman–Crippen LogP) is 4.93. The van der Waals surface area contributed by atoms with E-state index in [1.165, 1.54) is 0 Å². The number of hydrogen-bond donors (Lipinski definition) is 1. The molecule has 0 aliphatic carbocycles. The van der Waals surface area contributed by atoms with Crippen LogP contribution in [-0.2, 0) is 4.74 Å². The number of benzene rings is 1. The molecule has 1 aromatic heterocycles. The molecule has 1 amide bonds. The van der Waals surface area contributed by atoms with Gasteiger partial charge in [0.05, 0.1) is 6.04 Å². The largest absolute Gasteiger partial charge is 0.444 e. The first-order valence-electron chi connectivity index (χ1n) is 8.80. The maximum absolute atomic E-state index is 12.4. The lowest BCUT2D eigenvalue weighted by molar-refractivity contribution is 0.0505. The molecule has 9 heteroatoms. The highest BCUT2D eigenvalue weighted by molar-refractivity contribution is 6.35. The Morgan fingerprint density at radius 3 is 2.61 bits per heavy atom. The lowest BCUT2D eigenvalue weighted by Gasteiger charge is -2.24. The van der Waals surface area contributed by atoms with Crippen LogP contribution in [-0.4, -0.2) is 40.8 Å². The van der Waals surface area contributed by atoms with Gasteiger partial charge in [0, 0.05) is 35.2 Å². The normalized spacial score (nSPS) is 19.6. The molecule has 6 nitrogen and oxygen atoms in total. The molecule has 1 aliphatic rings. The summed E-state index contributed by atoms with van der Waals surface area (Å²) >= 11 is 18.5. The van der Waals surface area contributed by atoms with E-state index in [1.54, 1.807) is 24.4 Å². The van der Waals surface area contributed by atoms with Crippen molar-refractivity contribution in [1.29, 1.82) is 0 Å². The molecule has 1 aliphatic heterocycles. The zero-order valence-electron chi connectivity index (χ0n) is 15.7. The Balaban J connectivity index is 1.87. The van der Waals surface area contributed by atoms with Gasteiger partial charge in [-0.15, -0.1) is 0 Å². The van der Waals surface area contributed by atoms with Crippen LogP contribution in [0.25, 0.3) is 0 Å². The highest BCUT2D eigenvalue weighted by Gasteiger charge is 2.38. The minimum atomic E-state index is -0.591. The molecule has 2 aromatic rings. The molecule has 1 aromatic carbocycles. The summed E-state index contributed by atoms with van der Waals surface area (Å²) in [4.78, 5) is 22.9. The number of anilines is 1. The molecule has 2 heterocycles. The molecule has 150 valence electrons. The highest BCUT2D eigenvalue weighted by atomic mass is 35.5. The lowest BCUT2D eigenvalue weighted by atomic mass is 9.94. The van der Waals surface area contributed by atoms with Gasteiger partial charge in [-0.05, 0) is 44.5 Å². The number of ether oxygens (including phenoxy) is 1. The summed E-state index contributed by atoms with van der Waals surface area (Å²) in [6.07, 6.45) is 1.12. The number of halogens is 3. The van der Waals surface area contributed by atoms with Crippen LogP contribution in [0, 0.1) is 0 Å². The summed E-state index contributed by atoms with van der Waals surface area (Å²) in [6.45, 7) is 6.51. The summed E-state index contributed by atoms with van der Waals surface area (Å²) in [5.74, 6) is 0.399. The van der Waals surface area contributed by atoms with Crippen molar-refractivity contribution in [3.63, 3.8) is 0 Å². The van der Waals surface area contributed by atoms with Crippen LogP contribution in [0.15, 0.2) is 30.5 Å². The average molecular weight is 444 g/mol. The number of hydrogen-bond acceptors (Lipinski definition) is 5. The zero-order valence-corrected chi connectivity index (χ0v) is 18.0. The van der Waals surface area contributed by atoms with Crippen LogP contribution in [0.1, 0.15) is 32.3 Å².